The Balaban J connectivity index is 2.29. The Labute approximate surface area is 94.5 Å². The lowest BCUT2D eigenvalue weighted by molar-refractivity contribution is 0.577. The highest BCUT2D eigenvalue weighted by Crippen LogP contribution is 2.21. The number of imidazole rings is 1. The molecule has 3 aromatic rings. The quantitative estimate of drug-likeness (QED) is 0.674. The number of pyridine rings is 1. The largest absolute Gasteiger partial charge is 0.461 e. The Morgan fingerprint density at radius 1 is 1.33 bits per heavy atom. The maximum Gasteiger partial charge on any atom is 0.180 e. The van der Waals surface area contributed by atoms with Crippen LogP contribution >= 0.6 is 15.9 Å². The molecule has 0 unspecified atom stereocenters. The van der Waals surface area contributed by atoms with Gasteiger partial charge in [-0.1, -0.05) is 15.9 Å². The number of nitrogens with zero attached hydrogens (tertiary/aromatic N) is 2. The topological polar surface area (TPSA) is 30.4 Å². The van der Waals surface area contributed by atoms with Crippen LogP contribution in [0.1, 0.15) is 0 Å². The molecule has 0 bridgehead atoms. The molecule has 3 heterocycles. The predicted molar refractivity (Wildman–Crippen MR) is 60.6 cm³/mol. The second-order valence-electron chi connectivity index (χ2n) is 3.20. The van der Waals surface area contributed by atoms with Crippen molar-refractivity contribution in [3.8, 4) is 11.6 Å². The normalized spacial score (nSPS) is 11.0. The van der Waals surface area contributed by atoms with Gasteiger partial charge in [0.1, 0.15) is 0 Å². The molecular formula is C11H7BrN2O. The maximum absolute atomic E-state index is 5.32. The van der Waals surface area contributed by atoms with Gasteiger partial charge in [-0.3, -0.25) is 4.40 Å². The zero-order chi connectivity index (χ0) is 10.3. The summed E-state index contributed by atoms with van der Waals surface area (Å²) in [4.78, 5) is 4.33. The van der Waals surface area contributed by atoms with Crippen molar-refractivity contribution in [3.63, 3.8) is 0 Å². The summed E-state index contributed by atoms with van der Waals surface area (Å²) in [6, 6.07) is 7.74. The van der Waals surface area contributed by atoms with Crippen molar-refractivity contribution in [1.29, 1.82) is 0 Å². The number of fused-ring (bicyclic) bond motifs is 1. The average Bonchev–Trinajstić information content (AvgIpc) is 2.82. The van der Waals surface area contributed by atoms with Gasteiger partial charge in [-0.05, 0) is 24.3 Å². The highest BCUT2D eigenvalue weighted by atomic mass is 79.9. The van der Waals surface area contributed by atoms with Crippen LogP contribution in [0.2, 0.25) is 0 Å². The minimum atomic E-state index is 0.775. The van der Waals surface area contributed by atoms with Gasteiger partial charge >= 0.3 is 0 Å². The van der Waals surface area contributed by atoms with Crippen molar-refractivity contribution < 1.29 is 4.42 Å². The molecule has 0 atom stereocenters. The highest BCUT2D eigenvalue weighted by molar-refractivity contribution is 9.10. The first-order valence-corrected chi connectivity index (χ1v) is 5.30. The van der Waals surface area contributed by atoms with E-state index in [0.29, 0.717) is 0 Å². The van der Waals surface area contributed by atoms with E-state index in [-0.39, 0.29) is 0 Å². The minimum Gasteiger partial charge on any atom is -0.461 e. The number of halogens is 1. The van der Waals surface area contributed by atoms with Crippen LogP contribution in [0.3, 0.4) is 0 Å². The number of furan rings is 1. The predicted octanol–water partition coefficient (Wildman–Crippen LogP) is 3.36. The van der Waals surface area contributed by atoms with Crippen LogP contribution in [0.5, 0.6) is 0 Å². The molecule has 4 heteroatoms. The third kappa shape index (κ3) is 1.37. The van der Waals surface area contributed by atoms with Gasteiger partial charge < -0.3 is 4.42 Å². The standard InChI is InChI=1S/C11H7BrN2O/c12-8-3-4-14-9(6-8)7-13-11(14)10-2-1-5-15-10/h1-7H. The highest BCUT2D eigenvalue weighted by Gasteiger charge is 2.08. The minimum absolute atomic E-state index is 0.775. The van der Waals surface area contributed by atoms with Gasteiger partial charge in [0.15, 0.2) is 11.6 Å². The first-order valence-electron chi connectivity index (χ1n) is 4.51. The van der Waals surface area contributed by atoms with Crippen molar-refractivity contribution in [2.45, 2.75) is 0 Å². The second-order valence-corrected chi connectivity index (χ2v) is 4.11. The van der Waals surface area contributed by atoms with Crippen molar-refractivity contribution in [2.24, 2.45) is 0 Å². The second kappa shape index (κ2) is 3.24. The fourth-order valence-electron chi connectivity index (χ4n) is 1.56. The number of hydrogen-bond donors (Lipinski definition) is 0. The Bertz CT molecular complexity index is 598. The zero-order valence-electron chi connectivity index (χ0n) is 7.72. The molecule has 0 saturated heterocycles. The summed E-state index contributed by atoms with van der Waals surface area (Å²) < 4.78 is 8.35. The van der Waals surface area contributed by atoms with E-state index < -0.39 is 0 Å². The smallest absolute Gasteiger partial charge is 0.180 e. The van der Waals surface area contributed by atoms with Crippen LogP contribution in [0.25, 0.3) is 17.1 Å². The van der Waals surface area contributed by atoms with E-state index in [1.807, 2.05) is 41.1 Å². The number of hydrogen-bond acceptors (Lipinski definition) is 2. The van der Waals surface area contributed by atoms with E-state index in [1.165, 1.54) is 0 Å². The van der Waals surface area contributed by atoms with Crippen molar-refractivity contribution in [3.05, 3.63) is 47.4 Å². The van der Waals surface area contributed by atoms with E-state index in [0.717, 1.165) is 21.6 Å². The van der Waals surface area contributed by atoms with Crippen LogP contribution in [0, 0.1) is 0 Å². The van der Waals surface area contributed by atoms with Gasteiger partial charge in [-0.2, -0.15) is 0 Å². The molecule has 0 radical (unpaired) electrons. The van der Waals surface area contributed by atoms with Gasteiger partial charge in [0.25, 0.3) is 0 Å². The van der Waals surface area contributed by atoms with Gasteiger partial charge in [-0.25, -0.2) is 4.98 Å². The van der Waals surface area contributed by atoms with Gasteiger partial charge in [-0.15, -0.1) is 0 Å². The van der Waals surface area contributed by atoms with Crippen LogP contribution in [0.4, 0.5) is 0 Å². The third-order valence-electron chi connectivity index (χ3n) is 2.24. The van der Waals surface area contributed by atoms with E-state index in [1.54, 1.807) is 6.26 Å². The monoisotopic (exact) mass is 262 g/mol. The lowest BCUT2D eigenvalue weighted by atomic mass is 10.4. The lowest BCUT2D eigenvalue weighted by Gasteiger charge is -1.98. The fraction of sp³-hybridized carbons (Fsp3) is 0. The molecule has 0 aromatic carbocycles. The molecule has 0 aliphatic rings. The molecule has 3 rings (SSSR count). The molecule has 0 N–H and O–H groups in total. The van der Waals surface area contributed by atoms with E-state index >= 15 is 0 Å². The summed E-state index contributed by atoms with van der Waals surface area (Å²) in [6.07, 6.45) is 5.43. The first kappa shape index (κ1) is 8.73. The van der Waals surface area contributed by atoms with Crippen LogP contribution in [0.15, 0.2) is 51.8 Å². The Kier molecular flexibility index (Phi) is 1.89. The van der Waals surface area contributed by atoms with E-state index in [2.05, 4.69) is 20.9 Å². The molecule has 3 aromatic heterocycles. The summed E-state index contributed by atoms with van der Waals surface area (Å²) >= 11 is 3.43. The van der Waals surface area contributed by atoms with Gasteiger partial charge in [0.05, 0.1) is 18.0 Å². The molecule has 0 aliphatic heterocycles. The first-order chi connectivity index (χ1) is 7.34. The van der Waals surface area contributed by atoms with Gasteiger partial charge in [0.2, 0.25) is 0 Å². The summed E-state index contributed by atoms with van der Waals surface area (Å²) in [7, 11) is 0. The van der Waals surface area contributed by atoms with Gasteiger partial charge in [0, 0.05) is 10.7 Å². The summed E-state index contributed by atoms with van der Waals surface area (Å²) in [6.45, 7) is 0. The maximum atomic E-state index is 5.32. The summed E-state index contributed by atoms with van der Waals surface area (Å²) in [5.74, 6) is 1.60. The van der Waals surface area contributed by atoms with E-state index in [4.69, 9.17) is 4.42 Å². The Morgan fingerprint density at radius 3 is 3.07 bits per heavy atom. The van der Waals surface area contributed by atoms with Crippen LogP contribution in [-0.2, 0) is 0 Å². The number of aromatic nitrogens is 2. The average molecular weight is 263 g/mol. The molecule has 0 fully saturated rings. The molecule has 0 amide bonds. The molecular weight excluding hydrogens is 256 g/mol. The molecule has 0 aliphatic carbocycles. The van der Waals surface area contributed by atoms with Crippen molar-refractivity contribution >= 4 is 21.4 Å². The van der Waals surface area contributed by atoms with Crippen LogP contribution < -0.4 is 0 Å². The van der Waals surface area contributed by atoms with Crippen molar-refractivity contribution in [2.75, 3.05) is 0 Å². The SMILES string of the molecule is Brc1ccn2c(-c3ccco3)ncc2c1. The Hall–Kier alpha value is -1.55. The fourth-order valence-corrected chi connectivity index (χ4v) is 1.91. The molecule has 0 spiro atoms. The van der Waals surface area contributed by atoms with Crippen molar-refractivity contribution in [1.82, 2.24) is 9.38 Å². The summed E-state index contributed by atoms with van der Waals surface area (Å²) in [5.41, 5.74) is 1.04. The molecule has 15 heavy (non-hydrogen) atoms. The zero-order valence-corrected chi connectivity index (χ0v) is 9.31. The van der Waals surface area contributed by atoms with E-state index in [9.17, 15) is 0 Å². The lowest BCUT2D eigenvalue weighted by Crippen LogP contribution is -1.86. The third-order valence-corrected chi connectivity index (χ3v) is 2.73. The summed E-state index contributed by atoms with van der Waals surface area (Å²) in [5, 5.41) is 0. The molecule has 3 nitrogen and oxygen atoms in total. The van der Waals surface area contributed by atoms with Crippen LogP contribution in [-0.4, -0.2) is 9.38 Å². The number of rotatable bonds is 1. The molecule has 0 saturated carbocycles. The Morgan fingerprint density at radius 2 is 2.27 bits per heavy atom. The molecule has 74 valence electrons.